The lowest BCUT2D eigenvalue weighted by atomic mass is 10.1. The van der Waals surface area contributed by atoms with E-state index < -0.39 is 0 Å². The predicted octanol–water partition coefficient (Wildman–Crippen LogP) is 2.78. The zero-order valence-corrected chi connectivity index (χ0v) is 10.7. The summed E-state index contributed by atoms with van der Waals surface area (Å²) in [5.41, 5.74) is 1.24. The van der Waals surface area contributed by atoms with Crippen molar-refractivity contribution in [2.24, 2.45) is 5.92 Å². The summed E-state index contributed by atoms with van der Waals surface area (Å²) < 4.78 is 0. The number of Topliss-reactive ketones (excluding diaryl/α,β-unsaturated/α-hetero) is 1. The van der Waals surface area contributed by atoms with Gasteiger partial charge in [-0.3, -0.25) is 4.79 Å². The molecule has 0 saturated heterocycles. The highest BCUT2D eigenvalue weighted by Crippen LogP contribution is 2.19. The van der Waals surface area contributed by atoms with E-state index in [0.717, 1.165) is 12.1 Å². The average molecular weight is 222 g/mol. The molecular weight excluding hydrogens is 203 g/mol. The number of hydrogen-bond donors (Lipinski definition) is 0. The fourth-order valence-corrected chi connectivity index (χ4v) is 2.44. The molecule has 1 heterocycles. The first kappa shape index (κ1) is 12.4. The van der Waals surface area contributed by atoms with Crippen molar-refractivity contribution in [1.29, 1.82) is 0 Å². The maximum atomic E-state index is 11.0. The van der Waals surface area contributed by atoms with Crippen molar-refractivity contribution in [3.63, 3.8) is 0 Å². The van der Waals surface area contributed by atoms with Crippen molar-refractivity contribution in [3.8, 4) is 0 Å². The molecule has 0 N–H and O–H groups in total. The highest BCUT2D eigenvalue weighted by molar-refractivity contribution is 7.48. The van der Waals surface area contributed by atoms with Crippen LogP contribution < -0.4 is 5.30 Å². The van der Waals surface area contributed by atoms with Crippen LogP contribution in [0.5, 0.6) is 0 Å². The van der Waals surface area contributed by atoms with Crippen molar-refractivity contribution in [3.05, 3.63) is 29.8 Å². The van der Waals surface area contributed by atoms with Gasteiger partial charge < -0.3 is 0 Å². The van der Waals surface area contributed by atoms with Gasteiger partial charge in [0.15, 0.2) is 0 Å². The maximum absolute atomic E-state index is 11.0. The summed E-state index contributed by atoms with van der Waals surface area (Å²) in [5.74, 6) is 1.22. The summed E-state index contributed by atoms with van der Waals surface area (Å²) in [4.78, 5) is 11.0. The molecule has 0 spiro atoms. The Balaban J connectivity index is 0.000000245. The van der Waals surface area contributed by atoms with E-state index in [1.165, 1.54) is 10.9 Å². The molecule has 0 bridgehead atoms. The monoisotopic (exact) mass is 222 g/mol. The van der Waals surface area contributed by atoms with Gasteiger partial charge >= 0.3 is 0 Å². The van der Waals surface area contributed by atoms with Gasteiger partial charge in [0.1, 0.15) is 5.78 Å². The van der Waals surface area contributed by atoms with E-state index >= 15 is 0 Å². The Morgan fingerprint density at radius 2 is 1.80 bits per heavy atom. The standard InChI is InChI=1S/C9H9OP.C4H10/c10-8-5-7-3-1-2-4-9(7)11-6-8;1-4(2)3/h1-4,11H,5-6H2;4H,1-3H3. The molecule has 1 atom stereocenters. The lowest BCUT2D eigenvalue weighted by Crippen LogP contribution is -2.19. The normalized spacial score (nSPS) is 15.9. The van der Waals surface area contributed by atoms with Gasteiger partial charge in [0.05, 0.1) is 0 Å². The minimum atomic E-state index is 0.391. The smallest absolute Gasteiger partial charge is 0.141 e. The molecule has 15 heavy (non-hydrogen) atoms. The summed E-state index contributed by atoms with van der Waals surface area (Å²) in [7, 11) is 0.704. The summed E-state index contributed by atoms with van der Waals surface area (Å²) in [6, 6.07) is 8.23. The Morgan fingerprint density at radius 1 is 1.20 bits per heavy atom. The van der Waals surface area contributed by atoms with Gasteiger partial charge in [-0.05, 0) is 16.8 Å². The van der Waals surface area contributed by atoms with Gasteiger partial charge in [-0.2, -0.15) is 0 Å². The van der Waals surface area contributed by atoms with Gasteiger partial charge in [-0.1, -0.05) is 53.6 Å². The first-order chi connectivity index (χ1) is 7.09. The van der Waals surface area contributed by atoms with Crippen LogP contribution in [-0.4, -0.2) is 11.9 Å². The van der Waals surface area contributed by atoms with Crippen LogP contribution >= 0.6 is 8.58 Å². The van der Waals surface area contributed by atoms with Crippen molar-refractivity contribution < 1.29 is 4.79 Å². The highest BCUT2D eigenvalue weighted by Gasteiger charge is 2.13. The molecule has 1 aliphatic rings. The molecule has 0 aliphatic carbocycles. The minimum Gasteiger partial charge on any atom is -0.299 e. The molecule has 0 aromatic heterocycles. The maximum Gasteiger partial charge on any atom is 0.141 e. The largest absolute Gasteiger partial charge is 0.299 e. The van der Waals surface area contributed by atoms with E-state index in [0.29, 0.717) is 20.8 Å². The summed E-state index contributed by atoms with van der Waals surface area (Å²) in [6.45, 7) is 6.50. The minimum absolute atomic E-state index is 0.391. The second-order valence-electron chi connectivity index (χ2n) is 4.46. The Hall–Kier alpha value is -0.680. The number of benzene rings is 1. The van der Waals surface area contributed by atoms with E-state index in [1.807, 2.05) is 12.1 Å². The second kappa shape index (κ2) is 6.02. The average Bonchev–Trinajstić information content (AvgIpc) is 2.16. The van der Waals surface area contributed by atoms with E-state index in [2.05, 4.69) is 32.9 Å². The van der Waals surface area contributed by atoms with E-state index in [4.69, 9.17) is 0 Å². The van der Waals surface area contributed by atoms with E-state index in [1.54, 1.807) is 0 Å². The SMILES string of the molecule is CC(C)C.O=C1CPc2ccccc2C1. The number of rotatable bonds is 0. The van der Waals surface area contributed by atoms with E-state index in [-0.39, 0.29) is 0 Å². The molecule has 0 fully saturated rings. The molecular formula is C13H19OP. The van der Waals surface area contributed by atoms with Crippen molar-refractivity contribution in [2.75, 3.05) is 6.16 Å². The number of hydrogen-bond acceptors (Lipinski definition) is 1. The summed E-state index contributed by atoms with van der Waals surface area (Å²) in [6.07, 6.45) is 1.42. The molecule has 2 heteroatoms. The van der Waals surface area contributed by atoms with E-state index in [9.17, 15) is 4.79 Å². The third-order valence-electron chi connectivity index (χ3n) is 1.88. The lowest BCUT2D eigenvalue weighted by Gasteiger charge is -2.13. The third kappa shape index (κ3) is 4.57. The number of ketones is 1. The molecule has 0 amide bonds. The van der Waals surface area contributed by atoms with Crippen molar-refractivity contribution in [2.45, 2.75) is 27.2 Å². The van der Waals surface area contributed by atoms with Crippen molar-refractivity contribution >= 4 is 19.7 Å². The van der Waals surface area contributed by atoms with Crippen LogP contribution in [0, 0.1) is 5.92 Å². The fraction of sp³-hybridized carbons (Fsp3) is 0.462. The first-order valence-corrected chi connectivity index (χ1v) is 6.63. The number of carbonyl (C=O) groups is 1. The van der Waals surface area contributed by atoms with Gasteiger partial charge in [-0.25, -0.2) is 0 Å². The van der Waals surface area contributed by atoms with Gasteiger partial charge in [0, 0.05) is 12.6 Å². The van der Waals surface area contributed by atoms with Crippen LogP contribution in [0.1, 0.15) is 26.3 Å². The van der Waals surface area contributed by atoms with Crippen LogP contribution in [-0.2, 0) is 11.2 Å². The molecule has 2 rings (SSSR count). The quantitative estimate of drug-likeness (QED) is 0.617. The first-order valence-electron chi connectivity index (χ1n) is 5.43. The van der Waals surface area contributed by atoms with Crippen LogP contribution in [0.4, 0.5) is 0 Å². The molecule has 1 aromatic rings. The Kier molecular flexibility index (Phi) is 4.98. The molecule has 1 unspecified atom stereocenters. The Morgan fingerprint density at radius 3 is 2.47 bits per heavy atom. The lowest BCUT2D eigenvalue weighted by molar-refractivity contribution is -0.116. The zero-order valence-electron chi connectivity index (χ0n) is 9.71. The molecule has 82 valence electrons. The Labute approximate surface area is 94.1 Å². The zero-order chi connectivity index (χ0) is 11.3. The van der Waals surface area contributed by atoms with Gasteiger partial charge in [0.25, 0.3) is 0 Å². The molecule has 1 aliphatic heterocycles. The van der Waals surface area contributed by atoms with Crippen LogP contribution in [0.2, 0.25) is 0 Å². The molecule has 1 aromatic carbocycles. The fourth-order valence-electron chi connectivity index (χ4n) is 1.32. The van der Waals surface area contributed by atoms with Gasteiger partial charge in [0.2, 0.25) is 0 Å². The topological polar surface area (TPSA) is 17.1 Å². The second-order valence-corrected chi connectivity index (χ2v) is 5.70. The Bertz CT molecular complexity index is 328. The van der Waals surface area contributed by atoms with Crippen molar-refractivity contribution in [1.82, 2.24) is 0 Å². The number of fused-ring (bicyclic) bond motifs is 1. The van der Waals surface area contributed by atoms with Crippen LogP contribution in [0.15, 0.2) is 24.3 Å². The molecule has 1 nitrogen and oxygen atoms in total. The predicted molar refractivity (Wildman–Crippen MR) is 68.5 cm³/mol. The molecule has 0 radical (unpaired) electrons. The van der Waals surface area contributed by atoms with Crippen LogP contribution in [0.25, 0.3) is 0 Å². The summed E-state index contributed by atoms with van der Waals surface area (Å²) in [5, 5.41) is 1.38. The number of carbonyl (C=O) groups excluding carboxylic acids is 1. The summed E-state index contributed by atoms with van der Waals surface area (Å²) >= 11 is 0. The van der Waals surface area contributed by atoms with Crippen LogP contribution in [0.3, 0.4) is 0 Å². The van der Waals surface area contributed by atoms with Gasteiger partial charge in [-0.15, -0.1) is 0 Å². The molecule has 0 saturated carbocycles. The highest BCUT2D eigenvalue weighted by atomic mass is 31.1. The third-order valence-corrected chi connectivity index (χ3v) is 3.32.